The van der Waals surface area contributed by atoms with Gasteiger partial charge in [0.15, 0.2) is 23.1 Å². The van der Waals surface area contributed by atoms with Gasteiger partial charge in [-0.3, -0.25) is 0 Å². The summed E-state index contributed by atoms with van der Waals surface area (Å²) in [7, 11) is 0. The lowest BCUT2D eigenvalue weighted by Gasteiger charge is -2.27. The van der Waals surface area contributed by atoms with Gasteiger partial charge < -0.3 is 9.32 Å². The molecule has 0 radical (unpaired) electrons. The number of benzene rings is 6. The summed E-state index contributed by atoms with van der Waals surface area (Å²) in [6, 6.07) is 50.3. The molecule has 5 nitrogen and oxygen atoms in total. The molecule has 6 aromatic carbocycles. The summed E-state index contributed by atoms with van der Waals surface area (Å²) in [5.74, 6) is 2.13. The van der Waals surface area contributed by atoms with E-state index in [4.69, 9.17) is 19.4 Å². The summed E-state index contributed by atoms with van der Waals surface area (Å²) in [5, 5.41) is 2.02. The van der Waals surface area contributed by atoms with Crippen LogP contribution in [-0.2, 0) is 6.42 Å². The van der Waals surface area contributed by atoms with Gasteiger partial charge in [-0.2, -0.15) is 0 Å². The minimum absolute atomic E-state index is 0.264. The van der Waals surface area contributed by atoms with Crippen LogP contribution in [-0.4, -0.2) is 15.0 Å². The van der Waals surface area contributed by atoms with E-state index in [9.17, 15) is 0 Å². The highest BCUT2D eigenvalue weighted by molar-refractivity contribution is 6.16. The maximum Gasteiger partial charge on any atom is 0.164 e. The van der Waals surface area contributed by atoms with E-state index in [0.29, 0.717) is 17.5 Å². The molecule has 1 unspecified atom stereocenters. The number of allylic oxidation sites excluding steroid dienone is 1. The van der Waals surface area contributed by atoms with Crippen molar-refractivity contribution in [1.29, 1.82) is 0 Å². The Morgan fingerprint density at radius 3 is 2.00 bits per heavy atom. The Balaban J connectivity index is 1.24. The second kappa shape index (κ2) is 10.6. The van der Waals surface area contributed by atoms with E-state index in [0.717, 1.165) is 50.7 Å². The normalized spacial score (nSPS) is 14.9. The first-order chi connectivity index (χ1) is 23.8. The summed E-state index contributed by atoms with van der Waals surface area (Å²) in [4.78, 5) is 17.5. The molecule has 10 rings (SSSR count). The number of anilines is 2. The van der Waals surface area contributed by atoms with Crippen LogP contribution in [0.1, 0.15) is 22.6 Å². The molecule has 0 saturated carbocycles. The van der Waals surface area contributed by atoms with Crippen molar-refractivity contribution in [3.63, 3.8) is 0 Å². The van der Waals surface area contributed by atoms with Crippen molar-refractivity contribution in [2.45, 2.75) is 12.3 Å². The van der Waals surface area contributed by atoms with Crippen LogP contribution in [0.25, 0.3) is 62.2 Å². The molecule has 1 aliphatic heterocycles. The number of fused-ring (bicyclic) bond motifs is 7. The fourth-order valence-corrected chi connectivity index (χ4v) is 7.43. The lowest BCUT2D eigenvalue weighted by atomic mass is 9.84. The van der Waals surface area contributed by atoms with E-state index in [1.54, 1.807) is 0 Å². The Labute approximate surface area is 277 Å². The van der Waals surface area contributed by atoms with Gasteiger partial charge in [-0.05, 0) is 53.5 Å². The third kappa shape index (κ3) is 4.14. The highest BCUT2D eigenvalue weighted by atomic mass is 16.3. The van der Waals surface area contributed by atoms with Crippen LogP contribution < -0.4 is 4.90 Å². The third-order valence-electron chi connectivity index (χ3n) is 9.64. The highest BCUT2D eigenvalue weighted by Crippen LogP contribution is 2.54. The molecule has 0 saturated heterocycles. The first-order valence-electron chi connectivity index (χ1n) is 16.3. The van der Waals surface area contributed by atoms with E-state index >= 15 is 0 Å². The van der Waals surface area contributed by atoms with Crippen molar-refractivity contribution in [2.75, 3.05) is 4.90 Å². The predicted molar refractivity (Wildman–Crippen MR) is 193 cm³/mol. The fraction of sp³-hybridized carbons (Fsp3) is 0.0465. The predicted octanol–water partition coefficient (Wildman–Crippen LogP) is 10.6. The number of furan rings is 1. The van der Waals surface area contributed by atoms with Gasteiger partial charge in [-0.1, -0.05) is 121 Å². The molecule has 0 N–H and O–H groups in total. The van der Waals surface area contributed by atoms with E-state index < -0.39 is 0 Å². The standard InChI is InChI=1S/C43H28N4O/c1-3-13-27(14-4-1)41-44-42(28-15-5-2-6-16-28)46-43(45-41)33-23-24-36(40-39(33)32-20-10-12-22-38(32)48-40)47-35-21-11-9-19-31(35)34-25-29-17-7-8-18-30(29)26-37(34)47/h1-24,26,34H,25H2. The topological polar surface area (TPSA) is 55.1 Å². The summed E-state index contributed by atoms with van der Waals surface area (Å²) in [6.45, 7) is 0. The molecule has 0 bridgehead atoms. The Bertz CT molecular complexity index is 2500. The van der Waals surface area contributed by atoms with E-state index in [2.05, 4.69) is 83.8 Å². The lowest BCUT2D eigenvalue weighted by molar-refractivity contribution is 0.668. The third-order valence-corrected chi connectivity index (χ3v) is 9.64. The average molecular weight is 617 g/mol. The number of nitrogens with zero attached hydrogens (tertiary/aromatic N) is 4. The van der Waals surface area contributed by atoms with Crippen molar-refractivity contribution in [1.82, 2.24) is 15.0 Å². The molecule has 48 heavy (non-hydrogen) atoms. The van der Waals surface area contributed by atoms with Crippen LogP contribution in [0.4, 0.5) is 11.4 Å². The summed E-state index contributed by atoms with van der Waals surface area (Å²) in [6.07, 6.45) is 3.32. The van der Waals surface area contributed by atoms with E-state index in [-0.39, 0.29) is 5.92 Å². The Hall–Kier alpha value is -6.33. The van der Waals surface area contributed by atoms with Gasteiger partial charge in [-0.15, -0.1) is 0 Å². The molecule has 0 amide bonds. The maximum atomic E-state index is 6.81. The Morgan fingerprint density at radius 1 is 0.562 bits per heavy atom. The molecule has 0 fully saturated rings. The summed E-state index contributed by atoms with van der Waals surface area (Å²) < 4.78 is 6.81. The average Bonchev–Trinajstić information content (AvgIpc) is 3.70. The van der Waals surface area contributed by atoms with Gasteiger partial charge in [0.25, 0.3) is 0 Å². The van der Waals surface area contributed by atoms with Gasteiger partial charge >= 0.3 is 0 Å². The molecular formula is C43H28N4O. The zero-order valence-corrected chi connectivity index (χ0v) is 25.9. The Morgan fingerprint density at radius 2 is 1.21 bits per heavy atom. The zero-order valence-electron chi connectivity index (χ0n) is 25.9. The molecule has 1 atom stereocenters. The van der Waals surface area contributed by atoms with E-state index in [1.807, 2.05) is 72.8 Å². The summed E-state index contributed by atoms with van der Waals surface area (Å²) in [5.41, 5.74) is 11.9. The molecule has 2 aromatic heterocycles. The molecule has 8 aromatic rings. The second-order valence-corrected chi connectivity index (χ2v) is 12.4. The molecule has 1 aliphatic carbocycles. The van der Waals surface area contributed by atoms with Crippen molar-refractivity contribution < 1.29 is 4.42 Å². The first kappa shape index (κ1) is 26.8. The van der Waals surface area contributed by atoms with Gasteiger partial charge in [0.1, 0.15) is 5.58 Å². The molecule has 2 aliphatic rings. The number of hydrogen-bond donors (Lipinski definition) is 0. The van der Waals surface area contributed by atoms with Crippen molar-refractivity contribution >= 4 is 39.4 Å². The number of para-hydroxylation sites is 2. The molecule has 5 heteroatoms. The number of aromatic nitrogens is 3. The molecule has 0 spiro atoms. The van der Waals surface area contributed by atoms with Crippen molar-refractivity contribution in [3.05, 3.63) is 168 Å². The van der Waals surface area contributed by atoms with Crippen LogP contribution in [0, 0.1) is 0 Å². The smallest absolute Gasteiger partial charge is 0.164 e. The van der Waals surface area contributed by atoms with Crippen LogP contribution in [0.3, 0.4) is 0 Å². The molecule has 226 valence electrons. The SMILES string of the molecule is C1=C2C(Cc3ccccc31)c1ccccc1N2c1ccc(-c2nc(-c3ccccc3)nc(-c3ccccc3)n2)c2c1oc1ccccc12. The highest BCUT2D eigenvalue weighted by Gasteiger charge is 2.38. The molecular weight excluding hydrogens is 589 g/mol. The van der Waals surface area contributed by atoms with Gasteiger partial charge in [-0.25, -0.2) is 15.0 Å². The lowest BCUT2D eigenvalue weighted by Crippen LogP contribution is -2.17. The maximum absolute atomic E-state index is 6.81. The zero-order chi connectivity index (χ0) is 31.6. The van der Waals surface area contributed by atoms with Gasteiger partial charge in [0.2, 0.25) is 0 Å². The fourth-order valence-electron chi connectivity index (χ4n) is 7.43. The van der Waals surface area contributed by atoms with Crippen LogP contribution in [0.2, 0.25) is 0 Å². The number of rotatable bonds is 4. The van der Waals surface area contributed by atoms with Crippen molar-refractivity contribution in [2.24, 2.45) is 0 Å². The summed E-state index contributed by atoms with van der Waals surface area (Å²) >= 11 is 0. The second-order valence-electron chi connectivity index (χ2n) is 12.4. The molecule has 3 heterocycles. The van der Waals surface area contributed by atoms with Gasteiger partial charge in [0.05, 0.1) is 5.69 Å². The van der Waals surface area contributed by atoms with Gasteiger partial charge in [0, 0.05) is 44.8 Å². The largest absolute Gasteiger partial charge is 0.454 e. The Kier molecular flexibility index (Phi) is 5.93. The van der Waals surface area contributed by atoms with Crippen molar-refractivity contribution in [3.8, 4) is 34.2 Å². The van der Waals surface area contributed by atoms with Crippen LogP contribution >= 0.6 is 0 Å². The van der Waals surface area contributed by atoms with Crippen LogP contribution in [0.5, 0.6) is 0 Å². The first-order valence-corrected chi connectivity index (χ1v) is 16.3. The van der Waals surface area contributed by atoms with Crippen LogP contribution in [0.15, 0.2) is 156 Å². The van der Waals surface area contributed by atoms with E-state index in [1.165, 1.54) is 28.1 Å². The minimum Gasteiger partial charge on any atom is -0.454 e. The monoisotopic (exact) mass is 616 g/mol. The minimum atomic E-state index is 0.264. The quantitative estimate of drug-likeness (QED) is 0.197. The number of hydrogen-bond acceptors (Lipinski definition) is 5.